The minimum atomic E-state index is 0.607. The van der Waals surface area contributed by atoms with Crippen LogP contribution in [0, 0.1) is 0 Å². The molecule has 0 radical (unpaired) electrons. The van der Waals surface area contributed by atoms with Crippen molar-refractivity contribution >= 4 is 28.7 Å². The van der Waals surface area contributed by atoms with Crippen LogP contribution in [0.15, 0.2) is 17.5 Å². The highest BCUT2D eigenvalue weighted by atomic mass is 32.1. The van der Waals surface area contributed by atoms with Crippen LogP contribution >= 0.6 is 23.6 Å². The second-order valence-electron chi connectivity index (χ2n) is 5.04. The van der Waals surface area contributed by atoms with E-state index in [1.54, 1.807) is 0 Å². The van der Waals surface area contributed by atoms with Crippen LogP contribution in [0.4, 0.5) is 0 Å². The number of hydrogen-bond acceptors (Lipinski definition) is 2. The molecule has 0 unspecified atom stereocenters. The summed E-state index contributed by atoms with van der Waals surface area (Å²) >= 11 is 7.29. The molecule has 1 aliphatic rings. The van der Waals surface area contributed by atoms with Gasteiger partial charge >= 0.3 is 0 Å². The Labute approximate surface area is 119 Å². The lowest BCUT2D eigenvalue weighted by molar-refractivity contribution is 0.395. The fourth-order valence-electron chi connectivity index (χ4n) is 2.37. The highest BCUT2D eigenvalue weighted by molar-refractivity contribution is 7.80. The van der Waals surface area contributed by atoms with Crippen molar-refractivity contribution in [3.63, 3.8) is 0 Å². The summed E-state index contributed by atoms with van der Waals surface area (Å²) in [7, 11) is 2.09. The molecule has 2 nitrogen and oxygen atoms in total. The first-order valence-electron chi connectivity index (χ1n) is 6.80. The third-order valence-electron chi connectivity index (χ3n) is 3.55. The maximum atomic E-state index is 5.47. The highest BCUT2D eigenvalue weighted by Gasteiger charge is 2.15. The number of likely N-dealkylation sites (N-methyl/N-ethyl adjacent to an activating group) is 1. The number of rotatable bonds is 4. The molecule has 4 heteroatoms. The Balaban J connectivity index is 1.70. The Bertz CT molecular complexity index is 356. The summed E-state index contributed by atoms with van der Waals surface area (Å²) in [6, 6.07) is 4.91. The molecule has 0 saturated heterocycles. The molecule has 1 heterocycles. The molecule has 1 fully saturated rings. The van der Waals surface area contributed by atoms with Crippen molar-refractivity contribution in [2.45, 2.75) is 44.6 Å². The van der Waals surface area contributed by atoms with Gasteiger partial charge in [0.15, 0.2) is 5.11 Å². The molecule has 1 aromatic heterocycles. The minimum Gasteiger partial charge on any atom is -0.360 e. The van der Waals surface area contributed by atoms with Gasteiger partial charge in [-0.05, 0) is 42.9 Å². The summed E-state index contributed by atoms with van der Waals surface area (Å²) < 4.78 is 0. The lowest BCUT2D eigenvalue weighted by atomic mass is 9.96. The molecular weight excluding hydrogens is 260 g/mol. The molecule has 18 heavy (non-hydrogen) atoms. The first-order valence-corrected chi connectivity index (χ1v) is 8.08. The van der Waals surface area contributed by atoms with Gasteiger partial charge in [-0.25, -0.2) is 0 Å². The Kier molecular flexibility index (Phi) is 5.45. The molecule has 1 aliphatic carbocycles. The van der Waals surface area contributed by atoms with Crippen molar-refractivity contribution in [3.8, 4) is 0 Å². The van der Waals surface area contributed by atoms with Gasteiger partial charge in [-0.15, -0.1) is 11.3 Å². The van der Waals surface area contributed by atoms with Gasteiger partial charge in [0.25, 0.3) is 0 Å². The smallest absolute Gasteiger partial charge is 0.168 e. The average molecular weight is 282 g/mol. The summed E-state index contributed by atoms with van der Waals surface area (Å²) in [5.41, 5.74) is 0. The van der Waals surface area contributed by atoms with Crippen LogP contribution < -0.4 is 5.32 Å². The van der Waals surface area contributed by atoms with E-state index < -0.39 is 0 Å². The normalized spacial score (nSPS) is 16.5. The van der Waals surface area contributed by atoms with Crippen LogP contribution in [0.5, 0.6) is 0 Å². The third kappa shape index (κ3) is 4.25. The molecule has 100 valence electrons. The second-order valence-corrected chi connectivity index (χ2v) is 6.45. The molecule has 0 atom stereocenters. The van der Waals surface area contributed by atoms with Crippen molar-refractivity contribution < 1.29 is 0 Å². The molecule has 1 saturated carbocycles. The molecule has 0 bridgehead atoms. The summed E-state index contributed by atoms with van der Waals surface area (Å²) in [4.78, 5) is 3.60. The summed E-state index contributed by atoms with van der Waals surface area (Å²) in [6.45, 7) is 0.999. The number of nitrogens with one attached hydrogen (secondary N) is 1. The van der Waals surface area contributed by atoms with Crippen molar-refractivity contribution in [2.24, 2.45) is 0 Å². The minimum absolute atomic E-state index is 0.607. The van der Waals surface area contributed by atoms with E-state index in [2.05, 4.69) is 34.8 Å². The number of nitrogens with zero attached hydrogens (tertiary/aromatic N) is 1. The van der Waals surface area contributed by atoms with E-state index in [0.29, 0.717) is 6.04 Å². The van der Waals surface area contributed by atoms with E-state index >= 15 is 0 Å². The average Bonchev–Trinajstić information content (AvgIpc) is 2.90. The van der Waals surface area contributed by atoms with Crippen molar-refractivity contribution in [2.75, 3.05) is 13.6 Å². The zero-order valence-corrected chi connectivity index (χ0v) is 12.7. The molecule has 0 spiro atoms. The van der Waals surface area contributed by atoms with Gasteiger partial charge in [-0.2, -0.15) is 0 Å². The van der Waals surface area contributed by atoms with E-state index in [1.165, 1.54) is 37.0 Å². The second kappa shape index (κ2) is 7.10. The molecule has 0 aliphatic heterocycles. The van der Waals surface area contributed by atoms with Crippen LogP contribution in [-0.2, 0) is 6.42 Å². The maximum Gasteiger partial charge on any atom is 0.168 e. The Morgan fingerprint density at radius 2 is 2.22 bits per heavy atom. The Morgan fingerprint density at radius 1 is 1.44 bits per heavy atom. The van der Waals surface area contributed by atoms with E-state index in [4.69, 9.17) is 12.2 Å². The molecule has 1 aromatic rings. The molecule has 0 aromatic carbocycles. The van der Waals surface area contributed by atoms with Gasteiger partial charge in [0, 0.05) is 24.5 Å². The van der Waals surface area contributed by atoms with Crippen molar-refractivity contribution in [1.82, 2.24) is 10.2 Å². The quantitative estimate of drug-likeness (QED) is 0.852. The number of thiocarbonyl (C=S) groups is 1. The fraction of sp³-hybridized carbons (Fsp3) is 0.643. The summed E-state index contributed by atoms with van der Waals surface area (Å²) in [5.74, 6) is 0. The van der Waals surface area contributed by atoms with Crippen molar-refractivity contribution in [3.05, 3.63) is 22.4 Å². The maximum absolute atomic E-state index is 5.47. The Hall–Kier alpha value is -0.610. The lowest BCUT2D eigenvalue weighted by Crippen LogP contribution is -2.44. The lowest BCUT2D eigenvalue weighted by Gasteiger charge is -2.28. The van der Waals surface area contributed by atoms with Crippen LogP contribution in [-0.4, -0.2) is 29.6 Å². The molecule has 1 N–H and O–H groups in total. The SMILES string of the molecule is CN(CCc1cccs1)C(=S)NC1CCCCC1. The predicted octanol–water partition coefficient (Wildman–Crippen LogP) is 3.43. The van der Waals surface area contributed by atoms with Gasteiger partial charge < -0.3 is 10.2 Å². The van der Waals surface area contributed by atoms with Gasteiger partial charge in [-0.1, -0.05) is 25.3 Å². The van der Waals surface area contributed by atoms with Gasteiger partial charge in [0.2, 0.25) is 0 Å². The van der Waals surface area contributed by atoms with Gasteiger partial charge in [0.1, 0.15) is 0 Å². The van der Waals surface area contributed by atoms with E-state index in [9.17, 15) is 0 Å². The van der Waals surface area contributed by atoms with E-state index in [-0.39, 0.29) is 0 Å². The first kappa shape index (κ1) is 13.8. The third-order valence-corrected chi connectivity index (χ3v) is 4.92. The van der Waals surface area contributed by atoms with Gasteiger partial charge in [0.05, 0.1) is 0 Å². The summed E-state index contributed by atoms with van der Waals surface area (Å²) in [6.07, 6.45) is 7.72. The predicted molar refractivity (Wildman–Crippen MR) is 83.3 cm³/mol. The van der Waals surface area contributed by atoms with Crippen LogP contribution in [0.1, 0.15) is 37.0 Å². The Morgan fingerprint density at radius 3 is 2.89 bits per heavy atom. The monoisotopic (exact) mass is 282 g/mol. The standard InChI is InChI=1S/C14H22N2S2/c1-16(10-9-13-8-5-11-18-13)14(17)15-12-6-3-2-4-7-12/h5,8,11-12H,2-4,6-7,9-10H2,1H3,(H,15,17). The van der Waals surface area contributed by atoms with Gasteiger partial charge in [-0.3, -0.25) is 0 Å². The molecular formula is C14H22N2S2. The fourth-order valence-corrected chi connectivity index (χ4v) is 3.32. The first-order chi connectivity index (χ1) is 8.75. The van der Waals surface area contributed by atoms with Crippen LogP contribution in [0.25, 0.3) is 0 Å². The largest absolute Gasteiger partial charge is 0.360 e. The topological polar surface area (TPSA) is 15.3 Å². The molecule has 0 amide bonds. The van der Waals surface area contributed by atoms with Crippen LogP contribution in [0.2, 0.25) is 0 Å². The van der Waals surface area contributed by atoms with E-state index in [0.717, 1.165) is 18.1 Å². The highest BCUT2D eigenvalue weighted by Crippen LogP contribution is 2.17. The molecule has 2 rings (SSSR count). The van der Waals surface area contributed by atoms with E-state index in [1.807, 2.05) is 11.3 Å². The zero-order chi connectivity index (χ0) is 12.8. The van der Waals surface area contributed by atoms with Crippen molar-refractivity contribution in [1.29, 1.82) is 0 Å². The van der Waals surface area contributed by atoms with Crippen LogP contribution in [0.3, 0.4) is 0 Å². The number of hydrogen-bond donors (Lipinski definition) is 1. The number of thiophene rings is 1. The zero-order valence-electron chi connectivity index (χ0n) is 11.0. The summed E-state index contributed by atoms with van der Waals surface area (Å²) in [5, 5.41) is 6.56.